The van der Waals surface area contributed by atoms with E-state index in [9.17, 15) is 0 Å². The van der Waals surface area contributed by atoms with Gasteiger partial charge in [-0.2, -0.15) is 0 Å². The van der Waals surface area contributed by atoms with E-state index in [1.54, 1.807) is 7.11 Å². The van der Waals surface area contributed by atoms with Crippen LogP contribution in [0.5, 0.6) is 5.75 Å². The van der Waals surface area contributed by atoms with Crippen LogP contribution in [-0.4, -0.2) is 31.9 Å². The van der Waals surface area contributed by atoms with Gasteiger partial charge in [-0.1, -0.05) is 18.2 Å². The molecule has 2 rings (SSSR count). The van der Waals surface area contributed by atoms with Gasteiger partial charge in [0.05, 0.1) is 7.11 Å². The summed E-state index contributed by atoms with van der Waals surface area (Å²) in [5.41, 5.74) is 3.43. The fourth-order valence-electron chi connectivity index (χ4n) is 2.47. The molecule has 0 saturated heterocycles. The maximum atomic E-state index is 5.36. The topological polar surface area (TPSA) is 36.5 Å². The first-order chi connectivity index (χ1) is 11.6. The minimum Gasteiger partial charge on any atom is -0.497 e. The van der Waals surface area contributed by atoms with Crippen molar-refractivity contribution in [2.24, 2.45) is 0 Å². The van der Waals surface area contributed by atoms with Crippen LogP contribution in [0.1, 0.15) is 12.5 Å². The lowest BCUT2D eigenvalue weighted by Gasteiger charge is -2.24. The molecule has 0 atom stereocenters. The molecule has 2 aromatic carbocycles. The van der Waals surface area contributed by atoms with E-state index in [0.29, 0.717) is 5.11 Å². The highest BCUT2D eigenvalue weighted by molar-refractivity contribution is 7.80. The van der Waals surface area contributed by atoms with Gasteiger partial charge in [-0.3, -0.25) is 0 Å². The number of aryl methyl sites for hydroxylation is 1. The molecule has 2 aromatic rings. The summed E-state index contributed by atoms with van der Waals surface area (Å²) in [6.07, 6.45) is 0. The third kappa shape index (κ3) is 5.42. The fourth-order valence-corrected chi connectivity index (χ4v) is 2.69. The van der Waals surface area contributed by atoms with Crippen molar-refractivity contribution in [3.63, 3.8) is 0 Å². The van der Waals surface area contributed by atoms with Crippen LogP contribution in [0.15, 0.2) is 48.5 Å². The summed E-state index contributed by atoms with van der Waals surface area (Å²) in [7, 11) is 1.65. The summed E-state index contributed by atoms with van der Waals surface area (Å²) >= 11 is 5.36. The summed E-state index contributed by atoms with van der Waals surface area (Å²) < 4.78 is 5.21. The van der Waals surface area contributed by atoms with E-state index in [2.05, 4.69) is 53.6 Å². The number of ether oxygens (including phenoxy) is 1. The molecule has 0 fully saturated rings. The Balaban J connectivity index is 1.82. The molecular formula is C19H25N3OS. The molecule has 0 saturated carbocycles. The molecule has 0 aliphatic carbocycles. The van der Waals surface area contributed by atoms with E-state index in [4.69, 9.17) is 17.0 Å². The molecule has 128 valence electrons. The second-order valence-electron chi connectivity index (χ2n) is 5.53. The van der Waals surface area contributed by atoms with Crippen LogP contribution in [0.25, 0.3) is 0 Å². The first-order valence-corrected chi connectivity index (χ1v) is 8.53. The predicted molar refractivity (Wildman–Crippen MR) is 106 cm³/mol. The van der Waals surface area contributed by atoms with Gasteiger partial charge in [-0.25, -0.2) is 0 Å². The van der Waals surface area contributed by atoms with Crippen LogP contribution >= 0.6 is 12.2 Å². The van der Waals surface area contributed by atoms with Crippen molar-refractivity contribution in [3.8, 4) is 5.75 Å². The normalized spacial score (nSPS) is 10.1. The van der Waals surface area contributed by atoms with Crippen molar-refractivity contribution in [2.45, 2.75) is 13.8 Å². The van der Waals surface area contributed by atoms with Crippen LogP contribution in [0, 0.1) is 6.92 Å². The lowest BCUT2D eigenvalue weighted by Crippen LogP contribution is -2.36. The standard InChI is InChI=1S/C19H25N3OS/c1-4-22(17-9-5-7-15(2)13-17)12-11-20-19(24)21-16-8-6-10-18(14-16)23-3/h5-10,13-14H,4,11-12H2,1-3H3,(H2,20,21,24). The Hall–Kier alpha value is -2.27. The van der Waals surface area contributed by atoms with Crippen molar-refractivity contribution >= 4 is 28.7 Å². The molecule has 0 spiro atoms. The second-order valence-corrected chi connectivity index (χ2v) is 5.94. The number of benzene rings is 2. The summed E-state index contributed by atoms with van der Waals surface area (Å²) in [4.78, 5) is 2.33. The third-order valence-corrected chi connectivity index (χ3v) is 3.99. The van der Waals surface area contributed by atoms with Gasteiger partial charge in [-0.15, -0.1) is 0 Å². The second kappa shape index (κ2) is 9.13. The lowest BCUT2D eigenvalue weighted by atomic mass is 10.2. The Morgan fingerprint density at radius 1 is 1.17 bits per heavy atom. The zero-order valence-corrected chi connectivity index (χ0v) is 15.3. The van der Waals surface area contributed by atoms with Crippen molar-refractivity contribution in [3.05, 3.63) is 54.1 Å². The van der Waals surface area contributed by atoms with Gasteiger partial charge in [-0.05, 0) is 55.9 Å². The van der Waals surface area contributed by atoms with E-state index in [0.717, 1.165) is 31.1 Å². The molecule has 0 radical (unpaired) electrons. The Kier molecular flexibility index (Phi) is 6.88. The minimum absolute atomic E-state index is 0.614. The van der Waals surface area contributed by atoms with E-state index >= 15 is 0 Å². The summed E-state index contributed by atoms with van der Waals surface area (Å²) in [6.45, 7) is 6.90. The molecular weight excluding hydrogens is 318 g/mol. The van der Waals surface area contributed by atoms with Gasteiger partial charge in [0, 0.05) is 37.1 Å². The Bertz CT molecular complexity index is 675. The molecule has 24 heavy (non-hydrogen) atoms. The van der Waals surface area contributed by atoms with Crippen molar-refractivity contribution in [1.29, 1.82) is 0 Å². The van der Waals surface area contributed by atoms with Crippen molar-refractivity contribution < 1.29 is 4.74 Å². The number of hydrogen-bond acceptors (Lipinski definition) is 3. The number of nitrogens with one attached hydrogen (secondary N) is 2. The van der Waals surface area contributed by atoms with Crippen LogP contribution < -0.4 is 20.3 Å². The number of methoxy groups -OCH3 is 1. The summed E-state index contributed by atoms with van der Waals surface area (Å²) in [5, 5.41) is 7.05. The molecule has 0 unspecified atom stereocenters. The number of likely N-dealkylation sites (N-methyl/N-ethyl adjacent to an activating group) is 1. The number of rotatable bonds is 7. The molecule has 0 aliphatic heterocycles. The molecule has 0 bridgehead atoms. The molecule has 0 heterocycles. The van der Waals surface area contributed by atoms with E-state index < -0.39 is 0 Å². The molecule has 0 aliphatic rings. The molecule has 5 heteroatoms. The zero-order chi connectivity index (χ0) is 17.4. The summed E-state index contributed by atoms with van der Waals surface area (Å²) in [5.74, 6) is 0.805. The SMILES string of the molecule is CCN(CCNC(=S)Nc1cccc(OC)c1)c1cccc(C)c1. The van der Waals surface area contributed by atoms with Gasteiger partial charge in [0.15, 0.2) is 5.11 Å². The number of hydrogen-bond donors (Lipinski definition) is 2. The highest BCUT2D eigenvalue weighted by Crippen LogP contribution is 2.17. The Labute approximate surface area is 149 Å². The zero-order valence-electron chi connectivity index (χ0n) is 14.5. The maximum absolute atomic E-state index is 5.36. The Morgan fingerprint density at radius 2 is 1.96 bits per heavy atom. The number of nitrogens with zero attached hydrogens (tertiary/aromatic N) is 1. The first-order valence-electron chi connectivity index (χ1n) is 8.13. The van der Waals surface area contributed by atoms with E-state index in [1.807, 2.05) is 24.3 Å². The first kappa shape index (κ1) is 18.1. The van der Waals surface area contributed by atoms with Crippen molar-refractivity contribution in [1.82, 2.24) is 5.32 Å². The van der Waals surface area contributed by atoms with E-state index in [1.165, 1.54) is 11.3 Å². The van der Waals surface area contributed by atoms with Crippen LogP contribution in [0.3, 0.4) is 0 Å². The Morgan fingerprint density at radius 3 is 2.67 bits per heavy atom. The monoisotopic (exact) mass is 343 g/mol. The fraction of sp³-hybridized carbons (Fsp3) is 0.316. The highest BCUT2D eigenvalue weighted by atomic mass is 32.1. The smallest absolute Gasteiger partial charge is 0.170 e. The quantitative estimate of drug-likeness (QED) is 0.748. The third-order valence-electron chi connectivity index (χ3n) is 3.74. The van der Waals surface area contributed by atoms with Gasteiger partial charge in [0.2, 0.25) is 0 Å². The number of thiocarbonyl (C=S) groups is 1. The molecule has 4 nitrogen and oxygen atoms in total. The predicted octanol–water partition coefficient (Wildman–Crippen LogP) is 3.82. The van der Waals surface area contributed by atoms with Crippen LogP contribution in [0.4, 0.5) is 11.4 Å². The minimum atomic E-state index is 0.614. The summed E-state index contributed by atoms with van der Waals surface area (Å²) in [6, 6.07) is 16.3. The van der Waals surface area contributed by atoms with Crippen LogP contribution in [0.2, 0.25) is 0 Å². The largest absolute Gasteiger partial charge is 0.497 e. The van der Waals surface area contributed by atoms with Gasteiger partial charge in [0.25, 0.3) is 0 Å². The number of anilines is 2. The average Bonchev–Trinajstić information content (AvgIpc) is 2.59. The molecule has 0 aromatic heterocycles. The van der Waals surface area contributed by atoms with Gasteiger partial charge in [0.1, 0.15) is 5.75 Å². The average molecular weight is 343 g/mol. The molecule has 2 N–H and O–H groups in total. The van der Waals surface area contributed by atoms with Gasteiger partial charge < -0.3 is 20.3 Å². The van der Waals surface area contributed by atoms with Crippen LogP contribution in [-0.2, 0) is 0 Å². The van der Waals surface area contributed by atoms with E-state index in [-0.39, 0.29) is 0 Å². The van der Waals surface area contributed by atoms with Crippen molar-refractivity contribution in [2.75, 3.05) is 37.0 Å². The highest BCUT2D eigenvalue weighted by Gasteiger charge is 2.05. The lowest BCUT2D eigenvalue weighted by molar-refractivity contribution is 0.415. The maximum Gasteiger partial charge on any atom is 0.170 e. The molecule has 0 amide bonds. The van der Waals surface area contributed by atoms with Gasteiger partial charge >= 0.3 is 0 Å².